The maximum absolute atomic E-state index is 13.4. The highest BCUT2D eigenvalue weighted by Gasteiger charge is 2.32. The number of amides is 1. The fourth-order valence-electron chi connectivity index (χ4n) is 5.71. The zero-order valence-electron chi connectivity index (χ0n) is 28.1. The highest BCUT2D eigenvalue weighted by Crippen LogP contribution is 2.36. The van der Waals surface area contributed by atoms with Crippen LogP contribution < -0.4 is 15.4 Å². The molecular weight excluding hydrogens is 682 g/mol. The van der Waals surface area contributed by atoms with Crippen molar-refractivity contribution in [2.45, 2.75) is 30.4 Å². The Morgan fingerprint density at radius 3 is 2.45 bits per heavy atom. The lowest BCUT2D eigenvalue weighted by Crippen LogP contribution is -2.38. The average Bonchev–Trinajstić information content (AvgIpc) is 3.53. The minimum absolute atomic E-state index is 0.00990. The third-order valence-electron chi connectivity index (χ3n) is 8.27. The molecule has 2 atom stereocenters. The van der Waals surface area contributed by atoms with E-state index in [9.17, 15) is 33.2 Å². The number of carbonyl (C=O) groups is 2. The van der Waals surface area contributed by atoms with E-state index >= 15 is 0 Å². The number of allylic oxidation sites excluding steroid dienone is 1. The van der Waals surface area contributed by atoms with Crippen LogP contribution in [0.3, 0.4) is 0 Å². The summed E-state index contributed by atoms with van der Waals surface area (Å²) in [5, 5.41) is 27.3. The van der Waals surface area contributed by atoms with Gasteiger partial charge in [0.15, 0.2) is 5.76 Å². The lowest BCUT2D eigenvalue weighted by atomic mass is 9.92. The number of sulfonamides is 1. The van der Waals surface area contributed by atoms with Gasteiger partial charge < -0.3 is 30.0 Å². The van der Waals surface area contributed by atoms with Crippen molar-refractivity contribution in [2.24, 2.45) is 0 Å². The molecule has 1 amide bonds. The van der Waals surface area contributed by atoms with Crippen molar-refractivity contribution in [3.8, 4) is 5.75 Å². The molecule has 16 heteroatoms. The number of hydrogen-bond donors (Lipinski definition) is 3. The molecule has 1 aliphatic rings. The molecular formula is C35H39N5O10S. The number of para-hydroxylation sites is 1. The molecule has 51 heavy (non-hydrogen) atoms. The van der Waals surface area contributed by atoms with Crippen LogP contribution in [0, 0.1) is 10.1 Å². The van der Waals surface area contributed by atoms with Crippen LogP contribution in [-0.2, 0) is 24.3 Å². The molecule has 0 saturated heterocycles. The number of hydrogen-bond acceptors (Lipinski definition) is 11. The number of methoxy groups -OCH3 is 1. The van der Waals surface area contributed by atoms with Gasteiger partial charge in [0.05, 0.1) is 35.7 Å². The molecule has 1 aromatic heterocycles. The van der Waals surface area contributed by atoms with E-state index in [-0.39, 0.29) is 54.9 Å². The van der Waals surface area contributed by atoms with Crippen molar-refractivity contribution in [2.75, 3.05) is 51.8 Å². The number of aromatic nitrogens is 1. The van der Waals surface area contributed by atoms with Crippen molar-refractivity contribution < 1.29 is 42.2 Å². The van der Waals surface area contributed by atoms with Gasteiger partial charge in [0.25, 0.3) is 11.6 Å². The van der Waals surface area contributed by atoms with Crippen molar-refractivity contribution in [3.63, 3.8) is 0 Å². The third-order valence-corrected chi connectivity index (χ3v) is 10.2. The molecule has 270 valence electrons. The van der Waals surface area contributed by atoms with Crippen LogP contribution in [-0.4, -0.2) is 91.9 Å². The van der Waals surface area contributed by atoms with E-state index in [1.54, 1.807) is 29.0 Å². The Labute approximate surface area is 294 Å². The standard InChI is InChI=1S/C35H39N5O10S/c1-24(42)39-23-31(30-5-3-4-6-32(30)39)25-21-33(35(43)37-16-15-36-26-7-9-27(10-8-26)40(44)45)50-34(22-25)49-20-18-38(17-19-41)51(46,47)29-13-11-28(48-2)12-14-29/h3-14,21,23,25,34,36,41H,15-20,22H2,1-2H3,(H,37,43)/t25-,34+/m1/s1. The summed E-state index contributed by atoms with van der Waals surface area (Å²) in [7, 11) is -2.51. The van der Waals surface area contributed by atoms with Gasteiger partial charge in [0.2, 0.25) is 22.2 Å². The number of non-ortho nitro benzene ring substituents is 1. The Morgan fingerprint density at radius 2 is 1.78 bits per heavy atom. The van der Waals surface area contributed by atoms with Gasteiger partial charge in [-0.25, -0.2) is 8.42 Å². The first kappa shape index (κ1) is 37.0. The Kier molecular flexibility index (Phi) is 12.0. The van der Waals surface area contributed by atoms with Crippen molar-refractivity contribution in [1.82, 2.24) is 14.2 Å². The number of aliphatic hydroxyl groups is 1. The number of carbonyl (C=O) groups excluding carboxylic acids is 2. The fourth-order valence-corrected chi connectivity index (χ4v) is 7.13. The minimum atomic E-state index is -3.99. The number of nitro benzene ring substituents is 1. The molecule has 3 N–H and O–H groups in total. The maximum Gasteiger partial charge on any atom is 0.286 e. The van der Waals surface area contributed by atoms with E-state index in [1.165, 1.54) is 50.4 Å². The molecule has 0 unspecified atom stereocenters. The van der Waals surface area contributed by atoms with Crippen molar-refractivity contribution in [3.05, 3.63) is 107 Å². The Balaban J connectivity index is 1.30. The van der Waals surface area contributed by atoms with Gasteiger partial charge in [-0.1, -0.05) is 18.2 Å². The summed E-state index contributed by atoms with van der Waals surface area (Å²) >= 11 is 0. The summed E-state index contributed by atoms with van der Waals surface area (Å²) in [6.07, 6.45) is 2.72. The van der Waals surface area contributed by atoms with Crippen LogP contribution in [0.2, 0.25) is 0 Å². The van der Waals surface area contributed by atoms with E-state index in [2.05, 4.69) is 10.6 Å². The van der Waals surface area contributed by atoms with E-state index in [4.69, 9.17) is 14.2 Å². The molecule has 4 aromatic rings. The smallest absolute Gasteiger partial charge is 0.286 e. The maximum atomic E-state index is 13.4. The molecule has 1 aliphatic heterocycles. The highest BCUT2D eigenvalue weighted by atomic mass is 32.2. The van der Waals surface area contributed by atoms with E-state index in [0.29, 0.717) is 23.5 Å². The van der Waals surface area contributed by atoms with Gasteiger partial charge in [0.1, 0.15) is 5.75 Å². The first-order valence-corrected chi connectivity index (χ1v) is 17.6. The topological polar surface area (TPSA) is 192 Å². The third kappa shape index (κ3) is 8.90. The lowest BCUT2D eigenvalue weighted by Gasteiger charge is -2.30. The van der Waals surface area contributed by atoms with Crippen LogP contribution in [0.1, 0.15) is 29.6 Å². The molecule has 0 spiro atoms. The van der Waals surface area contributed by atoms with Crippen LogP contribution in [0.15, 0.2) is 95.7 Å². The van der Waals surface area contributed by atoms with E-state index < -0.39 is 39.7 Å². The summed E-state index contributed by atoms with van der Waals surface area (Å²) in [6.45, 7) is 1.16. The van der Waals surface area contributed by atoms with Crippen LogP contribution >= 0.6 is 0 Å². The average molecular weight is 722 g/mol. The number of rotatable bonds is 16. The SMILES string of the molecule is COc1ccc(S(=O)(=O)N(CCO)CCO[C@@H]2C[C@H](c3cn(C(C)=O)c4ccccc34)C=C(C(=O)NCCNc3ccc([N+](=O)[O-])cc3)O2)cc1. The monoisotopic (exact) mass is 721 g/mol. The molecule has 5 rings (SSSR count). The molecule has 0 saturated carbocycles. The fraction of sp³-hybridized carbons (Fsp3) is 0.314. The summed E-state index contributed by atoms with van der Waals surface area (Å²) in [5.41, 5.74) is 2.10. The number of fused-ring (bicyclic) bond motifs is 1. The summed E-state index contributed by atoms with van der Waals surface area (Å²) in [6, 6.07) is 19.2. The molecule has 0 aliphatic carbocycles. The van der Waals surface area contributed by atoms with E-state index in [0.717, 1.165) is 15.3 Å². The predicted molar refractivity (Wildman–Crippen MR) is 188 cm³/mol. The number of nitrogens with one attached hydrogen (secondary N) is 2. The Morgan fingerprint density at radius 1 is 1.06 bits per heavy atom. The van der Waals surface area contributed by atoms with Crippen LogP contribution in [0.5, 0.6) is 5.75 Å². The molecule has 2 heterocycles. The number of ether oxygens (including phenoxy) is 3. The zero-order valence-corrected chi connectivity index (χ0v) is 28.9. The quantitative estimate of drug-likeness (QED) is 0.0865. The second kappa shape index (κ2) is 16.6. The Hall–Kier alpha value is -5.29. The van der Waals surface area contributed by atoms with Crippen LogP contribution in [0.4, 0.5) is 11.4 Å². The first-order chi connectivity index (χ1) is 24.5. The summed E-state index contributed by atoms with van der Waals surface area (Å²) < 4.78 is 46.6. The van der Waals surface area contributed by atoms with Gasteiger partial charge in [-0.15, -0.1) is 0 Å². The number of aliphatic hydroxyl groups excluding tert-OH is 1. The molecule has 0 bridgehead atoms. The number of benzene rings is 3. The summed E-state index contributed by atoms with van der Waals surface area (Å²) in [4.78, 5) is 36.3. The summed E-state index contributed by atoms with van der Waals surface area (Å²) in [5.74, 6) is -0.621. The van der Waals surface area contributed by atoms with Gasteiger partial charge >= 0.3 is 0 Å². The Bertz CT molecular complexity index is 2000. The molecule has 0 radical (unpaired) electrons. The lowest BCUT2D eigenvalue weighted by molar-refractivity contribution is -0.384. The van der Waals surface area contributed by atoms with Gasteiger partial charge in [0, 0.05) is 74.8 Å². The zero-order chi connectivity index (χ0) is 36.5. The highest BCUT2D eigenvalue weighted by molar-refractivity contribution is 7.89. The number of nitrogens with zero attached hydrogens (tertiary/aromatic N) is 3. The van der Waals surface area contributed by atoms with Crippen molar-refractivity contribution in [1.29, 1.82) is 0 Å². The van der Waals surface area contributed by atoms with Crippen LogP contribution in [0.25, 0.3) is 10.9 Å². The first-order valence-electron chi connectivity index (χ1n) is 16.1. The largest absolute Gasteiger partial charge is 0.497 e. The van der Waals surface area contributed by atoms with Crippen molar-refractivity contribution >= 4 is 44.1 Å². The normalized spacial score (nSPS) is 16.0. The van der Waals surface area contributed by atoms with Gasteiger partial charge in [-0.2, -0.15) is 4.31 Å². The number of anilines is 1. The molecule has 15 nitrogen and oxygen atoms in total. The van der Waals surface area contributed by atoms with Gasteiger partial charge in [-0.3, -0.25) is 24.3 Å². The molecule has 0 fully saturated rings. The number of nitro groups is 1. The predicted octanol–water partition coefficient (Wildman–Crippen LogP) is 3.86. The van der Waals surface area contributed by atoms with E-state index in [1.807, 2.05) is 24.3 Å². The second-order valence-electron chi connectivity index (χ2n) is 11.6. The second-order valence-corrected chi connectivity index (χ2v) is 13.5. The van der Waals surface area contributed by atoms with Gasteiger partial charge in [-0.05, 0) is 54.1 Å². The minimum Gasteiger partial charge on any atom is -0.497 e. The molecule has 3 aromatic carbocycles.